The minimum Gasteiger partial charge on any atom is -0.497 e. The Kier molecular flexibility index (Phi) is 5.17. The Morgan fingerprint density at radius 1 is 1.39 bits per heavy atom. The van der Waals surface area contributed by atoms with E-state index < -0.39 is 5.60 Å². The molecule has 0 aliphatic heterocycles. The number of ether oxygens (including phenoxy) is 1. The maximum absolute atomic E-state index is 10.7. The molecule has 0 spiro atoms. The summed E-state index contributed by atoms with van der Waals surface area (Å²) in [5, 5.41) is 10.7. The van der Waals surface area contributed by atoms with Crippen LogP contribution in [-0.2, 0) is 0 Å². The fourth-order valence-corrected chi connectivity index (χ4v) is 2.64. The highest BCUT2D eigenvalue weighted by Gasteiger charge is 2.32. The molecule has 3 heteroatoms. The van der Waals surface area contributed by atoms with Crippen LogP contribution in [0.5, 0.6) is 5.75 Å². The standard InChI is InChI=1S/C15H25NO2/c1-6-14(15(2,17)11-16(3)4)12-8-7-9-13(10-12)18-5/h7-10,14,17H,6,11H2,1-5H3/t14-,15-/m1/s1. The summed E-state index contributed by atoms with van der Waals surface area (Å²) in [6, 6.07) is 7.97. The Bertz CT molecular complexity index is 375. The first kappa shape index (κ1) is 15.0. The lowest BCUT2D eigenvalue weighted by Gasteiger charge is -2.35. The number of hydrogen-bond acceptors (Lipinski definition) is 3. The lowest BCUT2D eigenvalue weighted by molar-refractivity contribution is 0.00599. The van der Waals surface area contributed by atoms with E-state index in [-0.39, 0.29) is 5.92 Å². The zero-order valence-electron chi connectivity index (χ0n) is 12.1. The molecule has 0 unspecified atom stereocenters. The first-order valence-electron chi connectivity index (χ1n) is 6.41. The van der Waals surface area contributed by atoms with Crippen LogP contribution in [0.15, 0.2) is 24.3 Å². The molecule has 0 aliphatic rings. The van der Waals surface area contributed by atoms with Gasteiger partial charge in [-0.05, 0) is 45.1 Å². The number of hydrogen-bond donors (Lipinski definition) is 1. The SMILES string of the molecule is CC[C@H](c1cccc(OC)c1)[C@](C)(O)CN(C)C. The minimum absolute atomic E-state index is 0.106. The van der Waals surface area contributed by atoms with Gasteiger partial charge in [0.05, 0.1) is 12.7 Å². The van der Waals surface area contributed by atoms with Crippen molar-refractivity contribution >= 4 is 0 Å². The van der Waals surface area contributed by atoms with E-state index in [1.807, 2.05) is 44.1 Å². The highest BCUT2D eigenvalue weighted by molar-refractivity contribution is 5.32. The molecule has 0 amide bonds. The summed E-state index contributed by atoms with van der Waals surface area (Å²) in [6.45, 7) is 4.65. The van der Waals surface area contributed by atoms with E-state index in [9.17, 15) is 5.11 Å². The summed E-state index contributed by atoms with van der Waals surface area (Å²) < 4.78 is 5.25. The van der Waals surface area contributed by atoms with Gasteiger partial charge in [0.2, 0.25) is 0 Å². The van der Waals surface area contributed by atoms with Crippen LogP contribution in [0.25, 0.3) is 0 Å². The van der Waals surface area contributed by atoms with Crippen LogP contribution in [0, 0.1) is 0 Å². The second-order valence-corrected chi connectivity index (χ2v) is 5.33. The van der Waals surface area contributed by atoms with E-state index in [1.54, 1.807) is 7.11 Å². The average molecular weight is 251 g/mol. The quantitative estimate of drug-likeness (QED) is 0.843. The Morgan fingerprint density at radius 2 is 2.06 bits per heavy atom. The minimum atomic E-state index is -0.745. The molecule has 0 aliphatic carbocycles. The molecule has 0 saturated heterocycles. The van der Waals surface area contributed by atoms with Gasteiger partial charge < -0.3 is 14.7 Å². The van der Waals surface area contributed by atoms with E-state index in [4.69, 9.17) is 4.74 Å². The van der Waals surface area contributed by atoms with Gasteiger partial charge in [0.15, 0.2) is 0 Å². The largest absolute Gasteiger partial charge is 0.497 e. The summed E-state index contributed by atoms with van der Waals surface area (Å²) >= 11 is 0. The molecule has 2 atom stereocenters. The van der Waals surface area contributed by atoms with Crippen molar-refractivity contribution in [3.05, 3.63) is 29.8 Å². The summed E-state index contributed by atoms with van der Waals surface area (Å²) in [5.41, 5.74) is 0.383. The normalized spacial score (nSPS) is 16.4. The monoisotopic (exact) mass is 251 g/mol. The topological polar surface area (TPSA) is 32.7 Å². The first-order valence-corrected chi connectivity index (χ1v) is 6.41. The highest BCUT2D eigenvalue weighted by atomic mass is 16.5. The average Bonchev–Trinajstić information content (AvgIpc) is 2.28. The van der Waals surface area contributed by atoms with Crippen molar-refractivity contribution in [1.82, 2.24) is 4.90 Å². The molecule has 18 heavy (non-hydrogen) atoms. The Balaban J connectivity index is 3.00. The van der Waals surface area contributed by atoms with Gasteiger partial charge in [-0.25, -0.2) is 0 Å². The smallest absolute Gasteiger partial charge is 0.119 e. The van der Waals surface area contributed by atoms with Gasteiger partial charge >= 0.3 is 0 Å². The second-order valence-electron chi connectivity index (χ2n) is 5.33. The molecule has 1 rings (SSSR count). The molecule has 1 aromatic rings. The molecule has 0 fully saturated rings. The summed E-state index contributed by atoms with van der Waals surface area (Å²) in [5.74, 6) is 0.946. The third kappa shape index (κ3) is 3.72. The predicted octanol–water partition coefficient (Wildman–Crippen LogP) is 2.50. The molecule has 0 heterocycles. The summed E-state index contributed by atoms with van der Waals surface area (Å²) in [7, 11) is 5.62. The van der Waals surface area contributed by atoms with E-state index in [0.29, 0.717) is 6.54 Å². The zero-order valence-corrected chi connectivity index (χ0v) is 12.1. The molecule has 1 N–H and O–H groups in total. The molecule has 0 saturated carbocycles. The molecule has 0 bridgehead atoms. The number of methoxy groups -OCH3 is 1. The van der Waals surface area contributed by atoms with Gasteiger partial charge in [0.25, 0.3) is 0 Å². The van der Waals surface area contributed by atoms with Crippen molar-refractivity contribution in [1.29, 1.82) is 0 Å². The number of nitrogens with zero attached hydrogens (tertiary/aromatic N) is 1. The van der Waals surface area contributed by atoms with Crippen LogP contribution in [0.2, 0.25) is 0 Å². The molecular weight excluding hydrogens is 226 g/mol. The van der Waals surface area contributed by atoms with Crippen LogP contribution in [0.1, 0.15) is 31.7 Å². The Morgan fingerprint density at radius 3 is 2.56 bits per heavy atom. The van der Waals surface area contributed by atoms with Gasteiger partial charge in [-0.1, -0.05) is 19.1 Å². The molecular formula is C15H25NO2. The number of likely N-dealkylation sites (N-methyl/N-ethyl adjacent to an activating group) is 1. The van der Waals surface area contributed by atoms with Crippen LogP contribution in [0.4, 0.5) is 0 Å². The Hall–Kier alpha value is -1.06. The van der Waals surface area contributed by atoms with Gasteiger partial charge in [-0.3, -0.25) is 0 Å². The third-order valence-electron chi connectivity index (χ3n) is 3.29. The van der Waals surface area contributed by atoms with Gasteiger partial charge in [-0.15, -0.1) is 0 Å². The Labute approximate surface area is 110 Å². The second kappa shape index (κ2) is 6.21. The number of aliphatic hydroxyl groups is 1. The van der Waals surface area contributed by atoms with E-state index >= 15 is 0 Å². The van der Waals surface area contributed by atoms with Crippen LogP contribution in [-0.4, -0.2) is 43.4 Å². The fraction of sp³-hybridized carbons (Fsp3) is 0.600. The van der Waals surface area contributed by atoms with Crippen molar-refractivity contribution in [2.45, 2.75) is 31.8 Å². The van der Waals surface area contributed by atoms with Crippen LogP contribution >= 0.6 is 0 Å². The summed E-state index contributed by atoms with van der Waals surface area (Å²) in [4.78, 5) is 2.02. The predicted molar refractivity (Wildman–Crippen MR) is 75.2 cm³/mol. The van der Waals surface area contributed by atoms with E-state index in [0.717, 1.165) is 17.7 Å². The number of rotatable bonds is 6. The lowest BCUT2D eigenvalue weighted by atomic mass is 9.81. The van der Waals surface area contributed by atoms with Crippen molar-refractivity contribution in [2.75, 3.05) is 27.7 Å². The fourth-order valence-electron chi connectivity index (χ4n) is 2.64. The van der Waals surface area contributed by atoms with Crippen molar-refractivity contribution in [2.24, 2.45) is 0 Å². The maximum atomic E-state index is 10.7. The van der Waals surface area contributed by atoms with Gasteiger partial charge in [0.1, 0.15) is 5.75 Å². The van der Waals surface area contributed by atoms with Gasteiger partial charge in [0, 0.05) is 12.5 Å². The lowest BCUT2D eigenvalue weighted by Crippen LogP contribution is -2.42. The molecule has 0 radical (unpaired) electrons. The first-order chi connectivity index (χ1) is 8.40. The van der Waals surface area contributed by atoms with Crippen molar-refractivity contribution < 1.29 is 9.84 Å². The molecule has 0 aromatic heterocycles. The van der Waals surface area contributed by atoms with E-state index in [2.05, 4.69) is 13.0 Å². The number of benzene rings is 1. The van der Waals surface area contributed by atoms with Crippen LogP contribution in [0.3, 0.4) is 0 Å². The zero-order chi connectivity index (χ0) is 13.8. The highest BCUT2D eigenvalue weighted by Crippen LogP contribution is 2.33. The molecule has 102 valence electrons. The van der Waals surface area contributed by atoms with Crippen molar-refractivity contribution in [3.63, 3.8) is 0 Å². The maximum Gasteiger partial charge on any atom is 0.119 e. The third-order valence-corrected chi connectivity index (χ3v) is 3.29. The van der Waals surface area contributed by atoms with E-state index in [1.165, 1.54) is 0 Å². The molecule has 3 nitrogen and oxygen atoms in total. The van der Waals surface area contributed by atoms with Gasteiger partial charge in [-0.2, -0.15) is 0 Å². The summed E-state index contributed by atoms with van der Waals surface area (Å²) in [6.07, 6.45) is 0.897. The van der Waals surface area contributed by atoms with Crippen molar-refractivity contribution in [3.8, 4) is 5.75 Å². The van der Waals surface area contributed by atoms with Crippen LogP contribution < -0.4 is 4.74 Å². The molecule has 1 aromatic carbocycles.